The number of amides is 1. The van der Waals surface area contributed by atoms with Crippen molar-refractivity contribution in [3.8, 4) is 0 Å². The van der Waals surface area contributed by atoms with Gasteiger partial charge in [-0.2, -0.15) is 5.10 Å². The van der Waals surface area contributed by atoms with Crippen molar-refractivity contribution in [3.05, 3.63) is 58.6 Å². The van der Waals surface area contributed by atoms with Gasteiger partial charge in [0.25, 0.3) is 5.91 Å². The lowest BCUT2D eigenvalue weighted by Crippen LogP contribution is -2.24. The standard InChI is InChI=1S/C15H14Cl2N6O/c1-10(23-8-12(16)6-19-23)14(24)20-15-18-9-22(21-15)7-11-4-2-3-5-13(11)17/h2-6,8-10H,7H2,1H3,(H,20,21,24). The molecule has 1 atom stereocenters. The van der Waals surface area contributed by atoms with Gasteiger partial charge in [-0.15, -0.1) is 5.10 Å². The van der Waals surface area contributed by atoms with Crippen molar-refractivity contribution >= 4 is 35.1 Å². The second-order valence-corrected chi connectivity index (χ2v) is 6.00. The zero-order valence-electron chi connectivity index (χ0n) is 12.7. The van der Waals surface area contributed by atoms with Gasteiger partial charge in [-0.25, -0.2) is 9.67 Å². The van der Waals surface area contributed by atoms with E-state index >= 15 is 0 Å². The molecule has 3 aromatic rings. The maximum atomic E-state index is 12.2. The van der Waals surface area contributed by atoms with Crippen LogP contribution in [0.1, 0.15) is 18.5 Å². The number of carbonyl (C=O) groups excluding carboxylic acids is 1. The summed E-state index contributed by atoms with van der Waals surface area (Å²) in [5.74, 6) is -0.0672. The molecule has 0 spiro atoms. The lowest BCUT2D eigenvalue weighted by atomic mass is 10.2. The Hall–Kier alpha value is -2.38. The molecule has 7 nitrogen and oxygen atoms in total. The number of carbonyl (C=O) groups is 1. The highest BCUT2D eigenvalue weighted by Gasteiger charge is 2.17. The van der Waals surface area contributed by atoms with E-state index in [4.69, 9.17) is 23.2 Å². The second kappa shape index (κ2) is 7.02. The highest BCUT2D eigenvalue weighted by molar-refractivity contribution is 6.31. The van der Waals surface area contributed by atoms with Gasteiger partial charge in [-0.05, 0) is 18.6 Å². The first-order chi connectivity index (χ1) is 11.5. The van der Waals surface area contributed by atoms with E-state index in [1.165, 1.54) is 17.2 Å². The minimum absolute atomic E-state index is 0.220. The van der Waals surface area contributed by atoms with Crippen LogP contribution in [0, 0.1) is 0 Å². The van der Waals surface area contributed by atoms with E-state index in [2.05, 4.69) is 20.5 Å². The Kier molecular flexibility index (Phi) is 4.82. The number of rotatable bonds is 5. The molecule has 0 radical (unpaired) electrons. The lowest BCUT2D eigenvalue weighted by Gasteiger charge is -2.10. The summed E-state index contributed by atoms with van der Waals surface area (Å²) in [7, 11) is 0. The largest absolute Gasteiger partial charge is 0.291 e. The van der Waals surface area contributed by atoms with Crippen molar-refractivity contribution in [1.29, 1.82) is 0 Å². The van der Waals surface area contributed by atoms with E-state index in [9.17, 15) is 4.79 Å². The van der Waals surface area contributed by atoms with Crippen molar-refractivity contribution in [1.82, 2.24) is 24.5 Å². The molecule has 0 saturated heterocycles. The number of hydrogen-bond donors (Lipinski definition) is 1. The first-order valence-electron chi connectivity index (χ1n) is 7.16. The van der Waals surface area contributed by atoms with Crippen LogP contribution in [-0.2, 0) is 11.3 Å². The highest BCUT2D eigenvalue weighted by Crippen LogP contribution is 2.16. The zero-order valence-corrected chi connectivity index (χ0v) is 14.2. The average Bonchev–Trinajstić information content (AvgIpc) is 3.18. The van der Waals surface area contributed by atoms with Gasteiger partial charge >= 0.3 is 0 Å². The molecule has 9 heteroatoms. The summed E-state index contributed by atoms with van der Waals surface area (Å²) in [4.78, 5) is 16.3. The number of aromatic nitrogens is 5. The molecule has 0 bridgehead atoms. The Labute approximate surface area is 148 Å². The lowest BCUT2D eigenvalue weighted by molar-refractivity contribution is -0.119. The fourth-order valence-electron chi connectivity index (χ4n) is 2.09. The average molecular weight is 365 g/mol. The van der Waals surface area contributed by atoms with Crippen LogP contribution in [-0.4, -0.2) is 30.5 Å². The van der Waals surface area contributed by atoms with Crippen molar-refractivity contribution < 1.29 is 4.79 Å². The van der Waals surface area contributed by atoms with Crippen molar-refractivity contribution in [2.24, 2.45) is 0 Å². The van der Waals surface area contributed by atoms with Crippen LogP contribution in [0.2, 0.25) is 10.0 Å². The van der Waals surface area contributed by atoms with E-state index in [-0.39, 0.29) is 11.9 Å². The van der Waals surface area contributed by atoms with Gasteiger partial charge in [-0.3, -0.25) is 14.8 Å². The fraction of sp³-hybridized carbons (Fsp3) is 0.200. The minimum Gasteiger partial charge on any atom is -0.291 e. The van der Waals surface area contributed by atoms with Crippen LogP contribution in [0.15, 0.2) is 43.0 Å². The first kappa shape index (κ1) is 16.5. The number of halogens is 2. The third-order valence-electron chi connectivity index (χ3n) is 3.41. The van der Waals surface area contributed by atoms with E-state index in [1.54, 1.807) is 17.8 Å². The Bertz CT molecular complexity index is 859. The molecule has 24 heavy (non-hydrogen) atoms. The Morgan fingerprint density at radius 2 is 2.12 bits per heavy atom. The van der Waals surface area contributed by atoms with E-state index < -0.39 is 6.04 Å². The zero-order chi connectivity index (χ0) is 17.1. The third kappa shape index (κ3) is 3.74. The summed E-state index contributed by atoms with van der Waals surface area (Å²) >= 11 is 11.9. The van der Waals surface area contributed by atoms with E-state index in [0.29, 0.717) is 16.6 Å². The van der Waals surface area contributed by atoms with Crippen molar-refractivity contribution in [2.45, 2.75) is 19.5 Å². The molecule has 1 unspecified atom stereocenters. The van der Waals surface area contributed by atoms with Crippen LogP contribution in [0.25, 0.3) is 0 Å². The van der Waals surface area contributed by atoms with Gasteiger partial charge < -0.3 is 0 Å². The summed E-state index contributed by atoms with van der Waals surface area (Å²) < 4.78 is 3.07. The monoisotopic (exact) mass is 364 g/mol. The molecule has 124 valence electrons. The smallest absolute Gasteiger partial charge is 0.251 e. The number of anilines is 1. The van der Waals surface area contributed by atoms with Crippen molar-refractivity contribution in [2.75, 3.05) is 5.32 Å². The van der Waals surface area contributed by atoms with Crippen LogP contribution in [0.3, 0.4) is 0 Å². The van der Waals surface area contributed by atoms with Gasteiger partial charge in [0.1, 0.15) is 12.4 Å². The molecule has 1 N–H and O–H groups in total. The summed E-state index contributed by atoms with van der Waals surface area (Å²) in [5.41, 5.74) is 0.918. The van der Waals surface area contributed by atoms with Crippen LogP contribution in [0.5, 0.6) is 0 Å². The van der Waals surface area contributed by atoms with Gasteiger partial charge in [-0.1, -0.05) is 41.4 Å². The van der Waals surface area contributed by atoms with Crippen LogP contribution >= 0.6 is 23.2 Å². The predicted octanol–water partition coefficient (Wildman–Crippen LogP) is 3.03. The highest BCUT2D eigenvalue weighted by atomic mass is 35.5. The molecule has 0 saturated carbocycles. The molecule has 2 heterocycles. The number of nitrogens with zero attached hydrogens (tertiary/aromatic N) is 5. The second-order valence-electron chi connectivity index (χ2n) is 5.16. The summed E-state index contributed by atoms with van der Waals surface area (Å²) in [6.45, 7) is 2.17. The first-order valence-corrected chi connectivity index (χ1v) is 7.92. The molecular formula is C15H14Cl2N6O. The van der Waals surface area contributed by atoms with Crippen LogP contribution < -0.4 is 5.32 Å². The van der Waals surface area contributed by atoms with E-state index in [1.807, 2.05) is 24.3 Å². The molecule has 1 aromatic carbocycles. The minimum atomic E-state index is -0.534. The summed E-state index contributed by atoms with van der Waals surface area (Å²) in [6, 6.07) is 6.95. The molecule has 0 aliphatic heterocycles. The quantitative estimate of drug-likeness (QED) is 0.754. The number of hydrogen-bond acceptors (Lipinski definition) is 4. The Morgan fingerprint density at radius 1 is 1.33 bits per heavy atom. The molecule has 1 amide bonds. The van der Waals surface area contributed by atoms with Gasteiger partial charge in [0.2, 0.25) is 5.95 Å². The topological polar surface area (TPSA) is 77.6 Å². The molecule has 0 fully saturated rings. The summed E-state index contributed by atoms with van der Waals surface area (Å²) in [6.07, 6.45) is 4.59. The fourth-order valence-corrected chi connectivity index (χ4v) is 2.43. The Balaban J connectivity index is 1.65. The maximum absolute atomic E-state index is 12.2. The predicted molar refractivity (Wildman–Crippen MR) is 91.2 cm³/mol. The molecule has 0 aliphatic rings. The van der Waals surface area contributed by atoms with Gasteiger partial charge in [0, 0.05) is 11.2 Å². The number of benzene rings is 1. The SMILES string of the molecule is CC(C(=O)Nc1ncn(Cc2ccccc2Cl)n1)n1cc(Cl)cn1. The maximum Gasteiger partial charge on any atom is 0.251 e. The van der Waals surface area contributed by atoms with Gasteiger partial charge in [0.05, 0.1) is 17.8 Å². The van der Waals surface area contributed by atoms with Crippen LogP contribution in [0.4, 0.5) is 5.95 Å². The third-order valence-corrected chi connectivity index (χ3v) is 3.97. The summed E-state index contributed by atoms with van der Waals surface area (Å²) in [5, 5.41) is 12.0. The number of nitrogens with one attached hydrogen (secondary N) is 1. The normalized spacial score (nSPS) is 12.1. The van der Waals surface area contributed by atoms with Gasteiger partial charge in [0.15, 0.2) is 0 Å². The molecule has 0 aliphatic carbocycles. The Morgan fingerprint density at radius 3 is 2.83 bits per heavy atom. The van der Waals surface area contributed by atoms with Crippen molar-refractivity contribution in [3.63, 3.8) is 0 Å². The molecule has 3 rings (SSSR count). The molecule has 2 aromatic heterocycles. The van der Waals surface area contributed by atoms with E-state index in [0.717, 1.165) is 5.56 Å². The molecular weight excluding hydrogens is 351 g/mol.